The summed E-state index contributed by atoms with van der Waals surface area (Å²) in [6.07, 6.45) is 6.10. The minimum Gasteiger partial charge on any atom is -0.444 e. The van der Waals surface area contributed by atoms with Gasteiger partial charge in [0.15, 0.2) is 11.5 Å². The summed E-state index contributed by atoms with van der Waals surface area (Å²) < 4.78 is 40.5. The minimum atomic E-state index is -0.567. The first-order chi connectivity index (χ1) is 19.2. The van der Waals surface area contributed by atoms with Gasteiger partial charge in [0.05, 0.1) is 17.9 Å². The number of carbonyl (C=O) groups excluding carboxylic acids is 1. The van der Waals surface area contributed by atoms with Crippen LogP contribution in [-0.2, 0) is 4.74 Å². The molecule has 2 N–H and O–H groups in total. The van der Waals surface area contributed by atoms with E-state index in [4.69, 9.17) is 14.4 Å². The first kappa shape index (κ1) is 27.0. The molecule has 1 fully saturated rings. The third kappa shape index (κ3) is 6.35. The van der Waals surface area contributed by atoms with E-state index in [1.807, 2.05) is 17.0 Å². The van der Waals surface area contributed by atoms with Crippen molar-refractivity contribution in [3.05, 3.63) is 65.2 Å². The number of alkyl carbamates (subject to hydrolysis) is 1. The molecule has 4 aromatic rings. The summed E-state index contributed by atoms with van der Waals surface area (Å²) >= 11 is 0. The maximum Gasteiger partial charge on any atom is 0.407 e. The van der Waals surface area contributed by atoms with Gasteiger partial charge in [0.1, 0.15) is 23.1 Å². The second-order valence-corrected chi connectivity index (χ2v) is 10.3. The number of hydrogen-bond acceptors (Lipinski definition) is 9. The number of carbonyl (C=O) groups is 1. The van der Waals surface area contributed by atoms with Crippen molar-refractivity contribution in [2.45, 2.75) is 45.3 Å². The quantitative estimate of drug-likeness (QED) is 0.296. The van der Waals surface area contributed by atoms with Crippen LogP contribution in [0.1, 0.15) is 56.7 Å². The van der Waals surface area contributed by atoms with E-state index in [1.54, 1.807) is 43.6 Å². The van der Waals surface area contributed by atoms with Crippen LogP contribution in [0.5, 0.6) is 0 Å². The zero-order chi connectivity index (χ0) is 28.3. The van der Waals surface area contributed by atoms with Gasteiger partial charge in [0.25, 0.3) is 0 Å². The number of fused-ring (bicyclic) bond motifs is 1. The molecule has 0 saturated carbocycles. The Morgan fingerprint density at radius 2 is 2.05 bits per heavy atom. The Morgan fingerprint density at radius 1 is 1.20 bits per heavy atom. The average Bonchev–Trinajstić information content (AvgIpc) is 3.65. The van der Waals surface area contributed by atoms with Crippen molar-refractivity contribution in [1.29, 1.82) is 0 Å². The summed E-state index contributed by atoms with van der Waals surface area (Å²) in [4.78, 5) is 22.3. The van der Waals surface area contributed by atoms with Crippen molar-refractivity contribution in [2.75, 3.05) is 29.9 Å². The number of nitrogens with one attached hydrogen (secondary N) is 2. The topological polar surface area (TPSA) is 123 Å². The van der Waals surface area contributed by atoms with Gasteiger partial charge in [-0.05, 0) is 76.1 Å². The zero-order valence-corrected chi connectivity index (χ0v) is 22.4. The molecule has 0 aliphatic carbocycles. The molecule has 0 unspecified atom stereocenters. The summed E-state index contributed by atoms with van der Waals surface area (Å²) in [7, 11) is 0. The predicted octanol–water partition coefficient (Wildman–Crippen LogP) is 4.84. The number of imidazole rings is 1. The number of amides is 1. The highest BCUT2D eigenvalue weighted by molar-refractivity contribution is 5.68. The lowest BCUT2D eigenvalue weighted by molar-refractivity contribution is 0.0530. The predicted molar refractivity (Wildman–Crippen MR) is 145 cm³/mol. The standard InChI is InChI=1S/C27H30F2N8O3/c1-27(2,3)39-26(38)31-13-12-30-25-33-22(35-40-25)9-7-18-16-32-23-10-11-24(34-37(18)23)36-14-4-5-21(36)19-15-17(28)6-8-20(19)29/h6-11,15-16,21H,4-5,12-14H2,1-3H3,(H,31,38)(H,30,33,35)/b9-7+/t21-/m1/s1. The summed E-state index contributed by atoms with van der Waals surface area (Å²) in [5, 5.41) is 14.2. The van der Waals surface area contributed by atoms with Crippen molar-refractivity contribution in [2.24, 2.45) is 0 Å². The van der Waals surface area contributed by atoms with Crippen molar-refractivity contribution >= 4 is 35.7 Å². The van der Waals surface area contributed by atoms with Gasteiger partial charge in [-0.1, -0.05) is 5.16 Å². The minimum absolute atomic E-state index is 0.203. The lowest BCUT2D eigenvalue weighted by Gasteiger charge is -2.26. The smallest absolute Gasteiger partial charge is 0.407 e. The number of aromatic nitrogens is 5. The van der Waals surface area contributed by atoms with Gasteiger partial charge in [-0.15, -0.1) is 5.10 Å². The molecule has 1 aromatic carbocycles. The third-order valence-corrected chi connectivity index (χ3v) is 6.15. The van der Waals surface area contributed by atoms with Gasteiger partial charge in [-0.2, -0.15) is 4.98 Å². The molecule has 5 rings (SSSR count). The summed E-state index contributed by atoms with van der Waals surface area (Å²) in [6.45, 7) is 6.72. The summed E-state index contributed by atoms with van der Waals surface area (Å²) in [5.74, 6) is 0.0668. The Morgan fingerprint density at radius 3 is 2.88 bits per heavy atom. The van der Waals surface area contributed by atoms with Crippen LogP contribution in [0.4, 0.5) is 25.4 Å². The largest absolute Gasteiger partial charge is 0.444 e. The molecule has 1 amide bonds. The Bertz CT molecular complexity index is 1530. The van der Waals surface area contributed by atoms with Gasteiger partial charge in [-0.25, -0.2) is 23.1 Å². The Labute approximate surface area is 229 Å². The van der Waals surface area contributed by atoms with Crippen LogP contribution in [0.3, 0.4) is 0 Å². The van der Waals surface area contributed by atoms with Crippen LogP contribution in [-0.4, -0.2) is 56.1 Å². The van der Waals surface area contributed by atoms with E-state index in [-0.39, 0.29) is 12.1 Å². The summed E-state index contributed by atoms with van der Waals surface area (Å²) in [6, 6.07) is 7.10. The van der Waals surface area contributed by atoms with Crippen molar-refractivity contribution in [3.63, 3.8) is 0 Å². The molecule has 40 heavy (non-hydrogen) atoms. The number of halogens is 2. The van der Waals surface area contributed by atoms with Gasteiger partial charge in [0.2, 0.25) is 0 Å². The molecule has 3 aromatic heterocycles. The number of ether oxygens (including phenoxy) is 1. The number of rotatable bonds is 8. The van der Waals surface area contributed by atoms with E-state index in [0.717, 1.165) is 18.6 Å². The van der Waals surface area contributed by atoms with E-state index in [2.05, 4.69) is 25.8 Å². The van der Waals surface area contributed by atoms with Crippen molar-refractivity contribution in [1.82, 2.24) is 30.1 Å². The molecule has 11 nitrogen and oxygen atoms in total. The van der Waals surface area contributed by atoms with E-state index in [1.165, 1.54) is 6.07 Å². The molecule has 1 aliphatic rings. The second-order valence-electron chi connectivity index (χ2n) is 10.3. The lowest BCUT2D eigenvalue weighted by atomic mass is 10.0. The van der Waals surface area contributed by atoms with Crippen LogP contribution in [0.25, 0.3) is 17.8 Å². The van der Waals surface area contributed by atoms with Crippen LogP contribution in [0.2, 0.25) is 0 Å². The Balaban J connectivity index is 1.24. The molecule has 210 valence electrons. The van der Waals surface area contributed by atoms with E-state index in [0.29, 0.717) is 54.6 Å². The second kappa shape index (κ2) is 11.3. The number of hydrogen-bond donors (Lipinski definition) is 2. The molecule has 1 atom stereocenters. The molecule has 1 aliphatic heterocycles. The maximum atomic E-state index is 14.5. The van der Waals surface area contributed by atoms with Crippen molar-refractivity contribution in [3.8, 4) is 0 Å². The van der Waals surface area contributed by atoms with Gasteiger partial charge >= 0.3 is 12.1 Å². The monoisotopic (exact) mass is 552 g/mol. The molecule has 1 saturated heterocycles. The molecule has 0 bridgehead atoms. The maximum absolute atomic E-state index is 14.5. The van der Waals surface area contributed by atoms with E-state index in [9.17, 15) is 13.6 Å². The molecular weight excluding hydrogens is 522 g/mol. The SMILES string of the molecule is CC(C)(C)OC(=O)NCCNc1nc(/C=C/c2cnc3ccc(N4CCC[C@@H]4c4cc(F)ccc4F)nn23)no1. The van der Waals surface area contributed by atoms with Crippen LogP contribution >= 0.6 is 0 Å². The van der Waals surface area contributed by atoms with Gasteiger partial charge in [-0.3, -0.25) is 0 Å². The molecule has 4 heterocycles. The average molecular weight is 553 g/mol. The fraction of sp³-hybridized carbons (Fsp3) is 0.370. The first-order valence-electron chi connectivity index (χ1n) is 13.0. The van der Waals surface area contributed by atoms with Crippen LogP contribution < -0.4 is 15.5 Å². The highest BCUT2D eigenvalue weighted by Crippen LogP contribution is 2.36. The molecule has 13 heteroatoms. The molecular formula is C27H30F2N8O3. The number of benzene rings is 1. The van der Waals surface area contributed by atoms with Gasteiger partial charge < -0.3 is 24.8 Å². The molecule has 0 radical (unpaired) electrons. The lowest BCUT2D eigenvalue weighted by Crippen LogP contribution is -2.35. The number of anilines is 2. The van der Waals surface area contributed by atoms with Crippen molar-refractivity contribution < 1.29 is 22.8 Å². The first-order valence-corrected chi connectivity index (χ1v) is 13.0. The normalized spacial score (nSPS) is 15.7. The van der Waals surface area contributed by atoms with E-state index < -0.39 is 23.3 Å². The highest BCUT2D eigenvalue weighted by atomic mass is 19.1. The Kier molecular flexibility index (Phi) is 7.63. The van der Waals surface area contributed by atoms with Gasteiger partial charge in [0, 0.05) is 25.2 Å². The van der Waals surface area contributed by atoms with E-state index >= 15 is 0 Å². The number of nitrogens with zero attached hydrogens (tertiary/aromatic N) is 6. The third-order valence-electron chi connectivity index (χ3n) is 6.15. The van der Waals surface area contributed by atoms with Crippen LogP contribution in [0, 0.1) is 11.6 Å². The summed E-state index contributed by atoms with van der Waals surface area (Å²) in [5.41, 5.74) is 1.06. The fourth-order valence-corrected chi connectivity index (χ4v) is 4.46. The highest BCUT2D eigenvalue weighted by Gasteiger charge is 2.30. The zero-order valence-electron chi connectivity index (χ0n) is 22.4. The fourth-order valence-electron chi connectivity index (χ4n) is 4.46. The van der Waals surface area contributed by atoms with Crippen LogP contribution in [0.15, 0.2) is 41.1 Å². The Hall–Kier alpha value is -4.55. The molecule has 0 spiro atoms.